The number of hydroxylamine groups is 2. The normalized spacial score (nSPS) is 15.5. The maximum atomic E-state index is 9.47. The average Bonchev–Trinajstić information content (AvgIpc) is 2.91. The molecule has 1 N–H and O–H groups in total. The van der Waals surface area contributed by atoms with E-state index in [1.165, 1.54) is 5.06 Å². The molecule has 0 aliphatic carbocycles. The van der Waals surface area contributed by atoms with E-state index in [0.717, 1.165) is 29.5 Å². The first-order chi connectivity index (χ1) is 8.19. The Hall–Kier alpha value is -1.66. The van der Waals surface area contributed by atoms with E-state index in [-0.39, 0.29) is 0 Å². The molecule has 90 valence electrons. The molecule has 2 aromatic rings. The number of hydrogen-bond donors (Lipinski definition) is 1. The SMILES string of the molecule is CCn1c(-c2nc(C)co2)nc2c1CN(O)C2. The number of aromatic nitrogens is 3. The van der Waals surface area contributed by atoms with E-state index >= 15 is 0 Å². The molecule has 0 aromatic carbocycles. The summed E-state index contributed by atoms with van der Waals surface area (Å²) in [6.07, 6.45) is 1.62. The number of imidazole rings is 1. The van der Waals surface area contributed by atoms with Crippen LogP contribution in [0.4, 0.5) is 0 Å². The van der Waals surface area contributed by atoms with Crippen LogP contribution in [-0.4, -0.2) is 24.8 Å². The van der Waals surface area contributed by atoms with Gasteiger partial charge in [0.05, 0.1) is 30.2 Å². The Morgan fingerprint density at radius 1 is 1.41 bits per heavy atom. The zero-order valence-electron chi connectivity index (χ0n) is 9.84. The van der Waals surface area contributed by atoms with Crippen molar-refractivity contribution in [1.82, 2.24) is 19.6 Å². The van der Waals surface area contributed by atoms with Gasteiger partial charge in [0.1, 0.15) is 6.26 Å². The molecule has 3 rings (SSSR count). The van der Waals surface area contributed by atoms with E-state index in [2.05, 4.69) is 9.97 Å². The van der Waals surface area contributed by atoms with Gasteiger partial charge >= 0.3 is 0 Å². The lowest BCUT2D eigenvalue weighted by atomic mass is 10.4. The van der Waals surface area contributed by atoms with Crippen LogP contribution >= 0.6 is 0 Å². The molecule has 2 aromatic heterocycles. The fourth-order valence-electron chi connectivity index (χ4n) is 2.20. The highest BCUT2D eigenvalue weighted by molar-refractivity contribution is 5.45. The van der Waals surface area contributed by atoms with Crippen LogP contribution in [0.3, 0.4) is 0 Å². The zero-order chi connectivity index (χ0) is 12.0. The molecule has 17 heavy (non-hydrogen) atoms. The number of nitrogens with zero attached hydrogens (tertiary/aromatic N) is 4. The number of oxazole rings is 1. The Morgan fingerprint density at radius 2 is 2.24 bits per heavy atom. The summed E-state index contributed by atoms with van der Waals surface area (Å²) < 4.78 is 7.42. The summed E-state index contributed by atoms with van der Waals surface area (Å²) in [5, 5.41) is 10.7. The molecule has 1 aliphatic rings. The minimum absolute atomic E-state index is 0.467. The molecule has 0 radical (unpaired) electrons. The first-order valence-corrected chi connectivity index (χ1v) is 5.63. The van der Waals surface area contributed by atoms with Crippen molar-refractivity contribution >= 4 is 0 Å². The van der Waals surface area contributed by atoms with E-state index < -0.39 is 0 Å². The second kappa shape index (κ2) is 3.68. The predicted octanol–water partition coefficient (Wildman–Crippen LogP) is 1.57. The zero-order valence-corrected chi connectivity index (χ0v) is 9.84. The molecule has 0 amide bonds. The molecular weight excluding hydrogens is 220 g/mol. The average molecular weight is 234 g/mol. The van der Waals surface area contributed by atoms with Gasteiger partial charge in [-0.15, -0.1) is 0 Å². The summed E-state index contributed by atoms with van der Waals surface area (Å²) in [6.45, 7) is 5.69. The first-order valence-electron chi connectivity index (χ1n) is 5.63. The van der Waals surface area contributed by atoms with Gasteiger partial charge < -0.3 is 14.2 Å². The highest BCUT2D eigenvalue weighted by Crippen LogP contribution is 2.27. The number of aryl methyl sites for hydroxylation is 1. The third-order valence-electron chi connectivity index (χ3n) is 2.95. The van der Waals surface area contributed by atoms with Crippen molar-refractivity contribution in [1.29, 1.82) is 0 Å². The van der Waals surface area contributed by atoms with Crippen LogP contribution in [-0.2, 0) is 19.6 Å². The van der Waals surface area contributed by atoms with Crippen molar-refractivity contribution < 1.29 is 9.62 Å². The molecule has 3 heterocycles. The molecule has 0 fully saturated rings. The van der Waals surface area contributed by atoms with E-state index in [9.17, 15) is 5.21 Å². The summed E-state index contributed by atoms with van der Waals surface area (Å²) in [6, 6.07) is 0. The van der Waals surface area contributed by atoms with Crippen LogP contribution in [0, 0.1) is 6.92 Å². The standard InChI is InChI=1S/C11H14N4O2/c1-3-15-9-5-14(16)4-8(9)13-10(15)11-12-7(2)6-17-11/h6,16H,3-5H2,1-2H3. The largest absolute Gasteiger partial charge is 0.442 e. The highest BCUT2D eigenvalue weighted by atomic mass is 16.5. The lowest BCUT2D eigenvalue weighted by Gasteiger charge is -2.08. The summed E-state index contributed by atoms with van der Waals surface area (Å²) in [4.78, 5) is 8.80. The van der Waals surface area contributed by atoms with E-state index in [4.69, 9.17) is 4.42 Å². The fraction of sp³-hybridized carbons (Fsp3) is 0.455. The Kier molecular flexibility index (Phi) is 2.27. The smallest absolute Gasteiger partial charge is 0.263 e. The van der Waals surface area contributed by atoms with E-state index in [1.54, 1.807) is 6.26 Å². The molecule has 6 nitrogen and oxygen atoms in total. The molecule has 6 heteroatoms. The Bertz CT molecular complexity index is 558. The van der Waals surface area contributed by atoms with Crippen LogP contribution in [0.15, 0.2) is 10.7 Å². The molecule has 0 saturated carbocycles. The van der Waals surface area contributed by atoms with Crippen LogP contribution in [0.5, 0.6) is 0 Å². The third kappa shape index (κ3) is 1.57. The molecule has 0 bridgehead atoms. The van der Waals surface area contributed by atoms with Crippen LogP contribution < -0.4 is 0 Å². The van der Waals surface area contributed by atoms with Crippen molar-refractivity contribution in [2.24, 2.45) is 0 Å². The van der Waals surface area contributed by atoms with Crippen LogP contribution in [0.2, 0.25) is 0 Å². The summed E-state index contributed by atoms with van der Waals surface area (Å²) in [7, 11) is 0. The monoisotopic (exact) mass is 234 g/mol. The van der Waals surface area contributed by atoms with Crippen molar-refractivity contribution in [3.63, 3.8) is 0 Å². The molecule has 0 unspecified atom stereocenters. The van der Waals surface area contributed by atoms with Crippen molar-refractivity contribution in [2.75, 3.05) is 0 Å². The van der Waals surface area contributed by atoms with Gasteiger partial charge in [0.2, 0.25) is 0 Å². The number of rotatable bonds is 2. The maximum absolute atomic E-state index is 9.47. The van der Waals surface area contributed by atoms with Crippen molar-refractivity contribution in [3.05, 3.63) is 23.3 Å². The first kappa shape index (κ1) is 10.5. The van der Waals surface area contributed by atoms with Gasteiger partial charge in [-0.1, -0.05) is 0 Å². The molecule has 0 atom stereocenters. The quantitative estimate of drug-likeness (QED) is 0.854. The van der Waals surface area contributed by atoms with Crippen molar-refractivity contribution in [3.8, 4) is 11.7 Å². The Labute approximate surface area is 98.5 Å². The third-order valence-corrected chi connectivity index (χ3v) is 2.95. The van der Waals surface area contributed by atoms with Gasteiger partial charge in [-0.25, -0.2) is 9.97 Å². The molecule has 0 saturated heterocycles. The Balaban J connectivity index is 2.10. The fourth-order valence-corrected chi connectivity index (χ4v) is 2.20. The second-order valence-corrected chi connectivity index (χ2v) is 4.19. The van der Waals surface area contributed by atoms with Gasteiger partial charge in [0.15, 0.2) is 5.82 Å². The van der Waals surface area contributed by atoms with E-state index in [0.29, 0.717) is 19.0 Å². The Morgan fingerprint density at radius 3 is 2.88 bits per heavy atom. The van der Waals surface area contributed by atoms with E-state index in [1.807, 2.05) is 18.4 Å². The second-order valence-electron chi connectivity index (χ2n) is 4.19. The number of hydrogen-bond acceptors (Lipinski definition) is 5. The predicted molar refractivity (Wildman–Crippen MR) is 59.2 cm³/mol. The molecular formula is C11H14N4O2. The van der Waals surface area contributed by atoms with Gasteiger partial charge in [-0.3, -0.25) is 0 Å². The minimum Gasteiger partial charge on any atom is -0.442 e. The lowest BCUT2D eigenvalue weighted by molar-refractivity contribution is -0.0985. The summed E-state index contributed by atoms with van der Waals surface area (Å²) >= 11 is 0. The molecule has 1 aliphatic heterocycles. The summed E-state index contributed by atoms with van der Waals surface area (Å²) in [5.74, 6) is 1.29. The van der Waals surface area contributed by atoms with Crippen LogP contribution in [0.1, 0.15) is 24.0 Å². The number of fused-ring (bicyclic) bond motifs is 1. The maximum Gasteiger partial charge on any atom is 0.263 e. The van der Waals surface area contributed by atoms with Gasteiger partial charge in [0.25, 0.3) is 5.89 Å². The summed E-state index contributed by atoms with van der Waals surface area (Å²) in [5.41, 5.74) is 2.79. The minimum atomic E-state index is 0.467. The van der Waals surface area contributed by atoms with Crippen molar-refractivity contribution in [2.45, 2.75) is 33.5 Å². The molecule has 0 spiro atoms. The van der Waals surface area contributed by atoms with Crippen LogP contribution in [0.25, 0.3) is 11.7 Å². The highest BCUT2D eigenvalue weighted by Gasteiger charge is 2.27. The van der Waals surface area contributed by atoms with Gasteiger partial charge in [0, 0.05) is 6.54 Å². The lowest BCUT2D eigenvalue weighted by Crippen LogP contribution is -2.13. The topological polar surface area (TPSA) is 67.3 Å². The van der Waals surface area contributed by atoms with Gasteiger partial charge in [-0.2, -0.15) is 5.06 Å². The van der Waals surface area contributed by atoms with Gasteiger partial charge in [-0.05, 0) is 13.8 Å².